The minimum atomic E-state index is -0.320. The van der Waals surface area contributed by atoms with Crippen molar-refractivity contribution >= 4 is 21.9 Å². The van der Waals surface area contributed by atoms with Gasteiger partial charge in [0, 0.05) is 11.0 Å². The van der Waals surface area contributed by atoms with Crippen LogP contribution in [-0.4, -0.2) is 13.1 Å². The van der Waals surface area contributed by atoms with Crippen LogP contribution in [0.5, 0.6) is 0 Å². The average molecular weight is 283 g/mol. The monoisotopic (exact) mass is 282 g/mol. The van der Waals surface area contributed by atoms with Crippen molar-refractivity contribution in [1.29, 1.82) is 5.26 Å². The maximum atomic E-state index is 11.1. The molecule has 1 rings (SSSR count). The zero-order valence-corrected chi connectivity index (χ0v) is 10.4. The predicted octanol–water partition coefficient (Wildman–Crippen LogP) is 1.49. The quantitative estimate of drug-likeness (QED) is 0.853. The molecule has 0 radical (unpaired) electrons. The molecule has 84 valence electrons. The zero-order valence-electron chi connectivity index (χ0n) is 8.79. The van der Waals surface area contributed by atoms with Gasteiger partial charge in [-0.05, 0) is 33.1 Å². The second kappa shape index (κ2) is 5.64. The van der Waals surface area contributed by atoms with Crippen LogP contribution in [0.15, 0.2) is 16.6 Å². The molecule has 5 heteroatoms. The third kappa shape index (κ3) is 2.81. The van der Waals surface area contributed by atoms with E-state index in [0.717, 1.165) is 11.1 Å². The van der Waals surface area contributed by atoms with E-state index in [1.165, 1.54) is 7.11 Å². The molecular formula is C11H11BrN2O2. The molecule has 0 fully saturated rings. The van der Waals surface area contributed by atoms with E-state index < -0.39 is 0 Å². The summed E-state index contributed by atoms with van der Waals surface area (Å²) >= 11 is 3.28. The van der Waals surface area contributed by atoms with Gasteiger partial charge in [-0.15, -0.1) is 0 Å². The summed E-state index contributed by atoms with van der Waals surface area (Å²) in [6.45, 7) is 0.260. The smallest absolute Gasteiger partial charge is 0.309 e. The summed E-state index contributed by atoms with van der Waals surface area (Å²) in [4.78, 5) is 11.1. The molecule has 0 aliphatic rings. The Morgan fingerprint density at radius 1 is 1.62 bits per heavy atom. The normalized spacial score (nSPS) is 9.62. The van der Waals surface area contributed by atoms with Crippen molar-refractivity contribution in [3.8, 4) is 6.07 Å². The Kier molecular flexibility index (Phi) is 4.47. The molecule has 0 bridgehead atoms. The lowest BCUT2D eigenvalue weighted by atomic mass is 10.0. The summed E-state index contributed by atoms with van der Waals surface area (Å²) in [7, 11) is 1.34. The maximum absolute atomic E-state index is 11.1. The van der Waals surface area contributed by atoms with Crippen LogP contribution < -0.4 is 5.73 Å². The van der Waals surface area contributed by atoms with Gasteiger partial charge in [-0.3, -0.25) is 4.79 Å². The highest BCUT2D eigenvalue weighted by molar-refractivity contribution is 9.10. The SMILES string of the molecule is COC(=O)Cc1cc(Br)c(C#N)c(CN)c1. The van der Waals surface area contributed by atoms with E-state index in [-0.39, 0.29) is 18.9 Å². The molecule has 1 aromatic rings. The second-order valence-corrected chi connectivity index (χ2v) is 4.03. The van der Waals surface area contributed by atoms with Crippen molar-refractivity contribution in [2.75, 3.05) is 7.11 Å². The maximum Gasteiger partial charge on any atom is 0.309 e. The lowest BCUT2D eigenvalue weighted by Crippen LogP contribution is -2.07. The summed E-state index contributed by atoms with van der Waals surface area (Å²) in [5, 5.41) is 8.92. The van der Waals surface area contributed by atoms with Crippen LogP contribution in [0.2, 0.25) is 0 Å². The lowest BCUT2D eigenvalue weighted by molar-refractivity contribution is -0.139. The van der Waals surface area contributed by atoms with Crippen LogP contribution in [0.25, 0.3) is 0 Å². The number of nitrogens with zero attached hydrogens (tertiary/aromatic N) is 1. The first-order valence-electron chi connectivity index (χ1n) is 4.60. The molecule has 0 spiro atoms. The number of nitrogens with two attached hydrogens (primary N) is 1. The van der Waals surface area contributed by atoms with Gasteiger partial charge in [0.25, 0.3) is 0 Å². The van der Waals surface area contributed by atoms with Crippen LogP contribution in [0.1, 0.15) is 16.7 Å². The standard InChI is InChI=1S/C11H11BrN2O2/c1-16-11(15)4-7-2-8(5-13)9(6-14)10(12)3-7/h2-3H,4-5,13H2,1H3. The molecule has 2 N–H and O–H groups in total. The van der Waals surface area contributed by atoms with Crippen molar-refractivity contribution in [2.24, 2.45) is 5.73 Å². The Morgan fingerprint density at radius 2 is 2.31 bits per heavy atom. The van der Waals surface area contributed by atoms with Gasteiger partial charge in [-0.2, -0.15) is 5.26 Å². The zero-order chi connectivity index (χ0) is 12.1. The highest BCUT2D eigenvalue weighted by Gasteiger charge is 2.10. The molecule has 0 aliphatic carbocycles. The predicted molar refractivity (Wildman–Crippen MR) is 62.5 cm³/mol. The number of nitriles is 1. The Hall–Kier alpha value is -1.38. The number of carbonyl (C=O) groups is 1. The Labute approximate surface area is 102 Å². The van der Waals surface area contributed by atoms with Gasteiger partial charge >= 0.3 is 5.97 Å². The van der Waals surface area contributed by atoms with E-state index in [0.29, 0.717) is 10.0 Å². The molecule has 0 saturated heterocycles. The Morgan fingerprint density at radius 3 is 2.81 bits per heavy atom. The molecule has 1 aromatic carbocycles. The van der Waals surface area contributed by atoms with Crippen LogP contribution in [0, 0.1) is 11.3 Å². The molecule has 0 unspecified atom stereocenters. The highest BCUT2D eigenvalue weighted by atomic mass is 79.9. The fourth-order valence-corrected chi connectivity index (χ4v) is 1.99. The van der Waals surface area contributed by atoms with Crippen molar-refractivity contribution in [3.05, 3.63) is 33.3 Å². The molecular weight excluding hydrogens is 272 g/mol. The van der Waals surface area contributed by atoms with Crippen LogP contribution >= 0.6 is 15.9 Å². The van der Waals surface area contributed by atoms with Crippen LogP contribution in [0.3, 0.4) is 0 Å². The number of carbonyl (C=O) groups excluding carboxylic acids is 1. The number of benzene rings is 1. The minimum absolute atomic E-state index is 0.174. The van der Waals surface area contributed by atoms with Crippen LogP contribution in [0.4, 0.5) is 0 Å². The number of hydrogen-bond donors (Lipinski definition) is 1. The van der Waals surface area contributed by atoms with Crippen molar-refractivity contribution < 1.29 is 9.53 Å². The van der Waals surface area contributed by atoms with Crippen molar-refractivity contribution in [2.45, 2.75) is 13.0 Å². The first-order valence-corrected chi connectivity index (χ1v) is 5.40. The van der Waals surface area contributed by atoms with Gasteiger partial charge in [-0.1, -0.05) is 6.07 Å². The van der Waals surface area contributed by atoms with E-state index in [4.69, 9.17) is 11.0 Å². The lowest BCUT2D eigenvalue weighted by Gasteiger charge is -2.07. The summed E-state index contributed by atoms with van der Waals surface area (Å²) in [6, 6.07) is 5.55. The number of rotatable bonds is 3. The first-order chi connectivity index (χ1) is 7.62. The van der Waals surface area contributed by atoms with Crippen molar-refractivity contribution in [3.63, 3.8) is 0 Å². The van der Waals surface area contributed by atoms with Crippen LogP contribution in [-0.2, 0) is 22.5 Å². The molecule has 4 nitrogen and oxygen atoms in total. The van der Waals surface area contributed by atoms with E-state index in [1.54, 1.807) is 12.1 Å². The molecule has 0 heterocycles. The van der Waals surface area contributed by atoms with Gasteiger partial charge in [0.1, 0.15) is 6.07 Å². The van der Waals surface area contributed by atoms with Crippen molar-refractivity contribution in [1.82, 2.24) is 0 Å². The molecule has 0 aliphatic heterocycles. The third-order valence-electron chi connectivity index (χ3n) is 2.14. The topological polar surface area (TPSA) is 76.1 Å². The highest BCUT2D eigenvalue weighted by Crippen LogP contribution is 2.22. The van der Waals surface area contributed by atoms with E-state index in [1.807, 2.05) is 0 Å². The number of ether oxygens (including phenoxy) is 1. The first kappa shape index (κ1) is 12.7. The third-order valence-corrected chi connectivity index (χ3v) is 2.76. The average Bonchev–Trinajstić information content (AvgIpc) is 2.28. The molecule has 16 heavy (non-hydrogen) atoms. The largest absolute Gasteiger partial charge is 0.469 e. The Balaban J connectivity index is 3.11. The fraction of sp³-hybridized carbons (Fsp3) is 0.273. The second-order valence-electron chi connectivity index (χ2n) is 3.18. The summed E-state index contributed by atoms with van der Waals surface area (Å²) in [5.74, 6) is -0.320. The van der Waals surface area contributed by atoms with Gasteiger partial charge in [0.05, 0.1) is 19.1 Å². The number of hydrogen-bond acceptors (Lipinski definition) is 4. The van der Waals surface area contributed by atoms with Gasteiger partial charge in [0.2, 0.25) is 0 Å². The number of methoxy groups -OCH3 is 1. The number of halogens is 1. The van der Waals surface area contributed by atoms with E-state index >= 15 is 0 Å². The minimum Gasteiger partial charge on any atom is -0.469 e. The van der Waals surface area contributed by atoms with Gasteiger partial charge in [0.15, 0.2) is 0 Å². The Bertz CT molecular complexity index is 452. The van der Waals surface area contributed by atoms with E-state index in [9.17, 15) is 4.79 Å². The fourth-order valence-electron chi connectivity index (χ4n) is 1.35. The molecule has 0 atom stereocenters. The number of esters is 1. The molecule has 0 saturated carbocycles. The van der Waals surface area contributed by atoms with Gasteiger partial charge in [-0.25, -0.2) is 0 Å². The van der Waals surface area contributed by atoms with Gasteiger partial charge < -0.3 is 10.5 Å². The molecule has 0 aromatic heterocycles. The summed E-state index contributed by atoms with van der Waals surface area (Å²) < 4.78 is 5.22. The molecule has 0 amide bonds. The summed E-state index contributed by atoms with van der Waals surface area (Å²) in [5.41, 5.74) is 7.54. The summed E-state index contributed by atoms with van der Waals surface area (Å²) in [6.07, 6.45) is 0.174. The van der Waals surface area contributed by atoms with E-state index in [2.05, 4.69) is 26.7 Å².